The van der Waals surface area contributed by atoms with Gasteiger partial charge in [-0.15, -0.1) is 0 Å². The molecule has 0 spiro atoms. The van der Waals surface area contributed by atoms with Gasteiger partial charge in [0.2, 0.25) is 0 Å². The molecule has 0 aromatic rings. The van der Waals surface area contributed by atoms with Crippen LogP contribution in [0.25, 0.3) is 0 Å². The normalized spacial score (nSPS) is 1.92. The second-order valence-electron chi connectivity index (χ2n) is 0.492. The zero-order valence-corrected chi connectivity index (χ0v) is 11.5. The van der Waals surface area contributed by atoms with E-state index in [1.54, 1.807) is 0 Å². The Hall–Kier alpha value is 0.721. The van der Waals surface area contributed by atoms with Gasteiger partial charge in [-0.25, -0.2) is 0 Å². The van der Waals surface area contributed by atoms with Gasteiger partial charge < -0.3 is 53.7 Å². The van der Waals surface area contributed by atoms with Crippen molar-refractivity contribution in [2.24, 2.45) is 0 Å². The summed E-state index contributed by atoms with van der Waals surface area (Å²) in [7, 11) is 0. The number of aliphatic carboxylic acids is 1. The van der Waals surface area contributed by atoms with E-state index in [9.17, 15) is 0 Å². The summed E-state index contributed by atoms with van der Waals surface area (Å²) in [4.78, 5) is 8.89. The van der Waals surface area contributed by atoms with Gasteiger partial charge in [0.25, 0.3) is 0 Å². The Balaban J connectivity index is -0.00000000125. The number of hydrogen-bond acceptors (Lipinski definition) is 2. The molecule has 16 N–H and O–H groups in total. The minimum absolute atomic E-state index is 0. The number of carbonyl (C=O) groups excluding carboxylic acids is 1. The summed E-state index contributed by atoms with van der Waals surface area (Å²) >= 11 is 0. The van der Waals surface area contributed by atoms with E-state index in [2.05, 4.69) is 0 Å². The minimum atomic E-state index is -1.08. The van der Waals surface area contributed by atoms with Crippen molar-refractivity contribution in [1.82, 2.24) is 0 Å². The maximum atomic E-state index is 8.89. The summed E-state index contributed by atoms with van der Waals surface area (Å²) in [5, 5.41) is 8.89. The van der Waals surface area contributed by atoms with Gasteiger partial charge in [0.15, 0.2) is 0 Å². The molecule has 0 radical (unpaired) electrons. The first-order valence-corrected chi connectivity index (χ1v) is 0.908. The first-order chi connectivity index (χ1) is 1.73. The fraction of sp³-hybridized carbons (Fsp3) is 0.500. The number of carboxylic acids is 1. The monoisotopic (exact) mass is 341 g/mol. The Kier molecular flexibility index (Phi) is 1560. The summed E-state index contributed by atoms with van der Waals surface area (Å²) in [6.07, 6.45) is 0. The fourth-order valence-corrected chi connectivity index (χ4v) is 0. The van der Waals surface area contributed by atoms with Gasteiger partial charge in [0.05, 0.1) is 0 Å². The standard InChI is InChI=1S/C2H4O2.Ba.8H2O/c1-2(3)4;;;;;;;;;/h1H3,(H,3,4);;8*1H2/q;+2;;;;;;;;/p-1. The summed E-state index contributed by atoms with van der Waals surface area (Å²) in [6, 6.07) is 0. The maximum Gasteiger partial charge on any atom is 2.00 e. The van der Waals surface area contributed by atoms with E-state index >= 15 is 0 Å². The van der Waals surface area contributed by atoms with Crippen LogP contribution in [0.2, 0.25) is 0 Å². The molecule has 0 aliphatic carbocycles. The summed E-state index contributed by atoms with van der Waals surface area (Å²) in [5.74, 6) is -1.08. The molecule has 0 amide bonds. The van der Waals surface area contributed by atoms with Crippen LogP contribution in [0.4, 0.5) is 0 Å². The SMILES string of the molecule is CC(=O)[O-].O.O.O.O.O.O.O.O.[Ba+2]. The van der Waals surface area contributed by atoms with Crippen LogP contribution in [0, 0.1) is 0 Å². The van der Waals surface area contributed by atoms with Crippen LogP contribution in [0.5, 0.6) is 0 Å². The van der Waals surface area contributed by atoms with Gasteiger partial charge in [-0.05, 0) is 6.92 Å². The van der Waals surface area contributed by atoms with Crippen LogP contribution in [-0.2, 0) is 4.79 Å². The van der Waals surface area contributed by atoms with Crippen molar-refractivity contribution in [3.05, 3.63) is 0 Å². The molecule has 11 heteroatoms. The van der Waals surface area contributed by atoms with E-state index in [1.807, 2.05) is 0 Å². The van der Waals surface area contributed by atoms with Gasteiger partial charge in [0, 0.05) is 5.97 Å². The quantitative estimate of drug-likeness (QED) is 0.387. The molecular weight excluding hydrogens is 321 g/mol. The average molecular weight is 340 g/mol. The van der Waals surface area contributed by atoms with Crippen molar-refractivity contribution in [1.29, 1.82) is 0 Å². The molecule has 0 unspecified atom stereocenters. The summed E-state index contributed by atoms with van der Waals surface area (Å²) < 4.78 is 0. The number of rotatable bonds is 0. The second-order valence-corrected chi connectivity index (χ2v) is 0.492. The third kappa shape index (κ3) is 2810. The molecule has 0 heterocycles. The third-order valence-corrected chi connectivity index (χ3v) is 0. The molecule has 0 saturated carbocycles. The molecule has 0 aliphatic rings. The maximum absolute atomic E-state index is 8.89. The van der Waals surface area contributed by atoms with E-state index in [1.165, 1.54) is 0 Å². The van der Waals surface area contributed by atoms with Crippen molar-refractivity contribution < 1.29 is 53.7 Å². The molecule has 0 atom stereocenters. The van der Waals surface area contributed by atoms with Gasteiger partial charge in [-0.2, -0.15) is 0 Å². The molecule has 0 saturated heterocycles. The molecule has 0 fully saturated rings. The minimum Gasteiger partial charge on any atom is -0.550 e. The van der Waals surface area contributed by atoms with Crippen molar-refractivity contribution in [2.75, 3.05) is 0 Å². The fourth-order valence-electron chi connectivity index (χ4n) is 0. The van der Waals surface area contributed by atoms with Crippen molar-refractivity contribution >= 4 is 54.9 Å². The van der Waals surface area contributed by atoms with Crippen LogP contribution in [0.15, 0.2) is 0 Å². The van der Waals surface area contributed by atoms with Crippen LogP contribution >= 0.6 is 0 Å². The largest absolute Gasteiger partial charge is 2.00 e. The van der Waals surface area contributed by atoms with Crippen molar-refractivity contribution in [2.45, 2.75) is 6.92 Å². The van der Waals surface area contributed by atoms with Gasteiger partial charge in [0.1, 0.15) is 0 Å². The second kappa shape index (κ2) is 126. The number of hydrogen-bond donors (Lipinski definition) is 0. The molecule has 0 bridgehead atoms. The van der Waals surface area contributed by atoms with Crippen LogP contribution in [0.1, 0.15) is 6.92 Å². The Morgan fingerprint density at radius 3 is 0.769 bits per heavy atom. The van der Waals surface area contributed by atoms with E-state index in [0.29, 0.717) is 0 Å². The van der Waals surface area contributed by atoms with Gasteiger partial charge in [-0.3, -0.25) is 0 Å². The Morgan fingerprint density at radius 2 is 0.769 bits per heavy atom. The molecule has 13 heavy (non-hydrogen) atoms. The summed E-state index contributed by atoms with van der Waals surface area (Å²) in [5.41, 5.74) is 0. The first kappa shape index (κ1) is 160. The predicted molar refractivity (Wildman–Crippen MR) is 45.3 cm³/mol. The van der Waals surface area contributed by atoms with Crippen LogP contribution in [0.3, 0.4) is 0 Å². The number of carbonyl (C=O) groups is 1. The molecule has 0 aromatic carbocycles. The Morgan fingerprint density at radius 1 is 0.769 bits per heavy atom. The molecule has 10 nitrogen and oxygen atoms in total. The molecule has 88 valence electrons. The Bertz CT molecular complexity index is 35.9. The molecule has 0 aromatic heterocycles. The molecular formula is C2H19BaO10+. The van der Waals surface area contributed by atoms with Crippen molar-refractivity contribution in [3.63, 3.8) is 0 Å². The van der Waals surface area contributed by atoms with E-state index in [-0.39, 0.29) is 92.7 Å². The zero-order chi connectivity index (χ0) is 3.58. The first-order valence-electron chi connectivity index (χ1n) is 0.908. The Labute approximate surface area is 114 Å². The smallest absolute Gasteiger partial charge is 0.550 e. The van der Waals surface area contributed by atoms with Crippen LogP contribution < -0.4 is 5.11 Å². The third-order valence-electron chi connectivity index (χ3n) is 0. The summed E-state index contributed by atoms with van der Waals surface area (Å²) in [6.45, 7) is 0.972. The van der Waals surface area contributed by atoms with Crippen LogP contribution in [-0.4, -0.2) is 98.7 Å². The van der Waals surface area contributed by atoms with E-state index in [0.717, 1.165) is 6.92 Å². The molecule has 0 aliphatic heterocycles. The zero-order valence-electron chi connectivity index (χ0n) is 7.02. The van der Waals surface area contributed by atoms with E-state index < -0.39 is 5.97 Å². The van der Waals surface area contributed by atoms with Gasteiger partial charge in [-0.1, -0.05) is 0 Å². The predicted octanol–water partition coefficient (Wildman–Crippen LogP) is -8.22. The molecule has 0 rings (SSSR count). The van der Waals surface area contributed by atoms with Crippen molar-refractivity contribution in [3.8, 4) is 0 Å². The number of carboxylic acid groups (broad SMARTS) is 1. The topological polar surface area (TPSA) is 292 Å². The van der Waals surface area contributed by atoms with Gasteiger partial charge >= 0.3 is 48.9 Å². The van der Waals surface area contributed by atoms with E-state index in [4.69, 9.17) is 9.90 Å². The average Bonchev–Trinajstić information content (AvgIpc) is 0.811.